The molecule has 0 spiro atoms. The highest BCUT2D eigenvalue weighted by Gasteiger charge is 2.65. The van der Waals surface area contributed by atoms with E-state index in [9.17, 15) is 19.9 Å². The second-order valence-corrected chi connectivity index (χ2v) is 22.5. The Balaban J connectivity index is 1.09. The van der Waals surface area contributed by atoms with Crippen LogP contribution in [0, 0.1) is 22.7 Å². The van der Waals surface area contributed by atoms with Crippen LogP contribution in [0.15, 0.2) is 67.0 Å². The summed E-state index contributed by atoms with van der Waals surface area (Å²) >= 11 is 6.52. The molecule has 0 radical (unpaired) electrons. The number of carbonyl (C=O) groups excluding carboxylic acids is 1. The molecule has 17 nitrogen and oxygen atoms in total. The molecule has 0 aliphatic carbocycles. The van der Waals surface area contributed by atoms with Crippen LogP contribution < -0.4 is 9.84 Å². The van der Waals surface area contributed by atoms with E-state index in [0.717, 1.165) is 24.8 Å². The van der Waals surface area contributed by atoms with Crippen molar-refractivity contribution in [1.29, 1.82) is 10.5 Å². The highest BCUT2D eigenvalue weighted by Crippen LogP contribution is 2.54. The van der Waals surface area contributed by atoms with E-state index in [4.69, 9.17) is 53.6 Å². The SMILES string of the molecule is CCCCCCCCCCCCCCCCCCOC[C@H](COP(=O)(OC[C@H]1O[C@@](C#N)(c2ccc3c(NC(=O)OC(C)(C)C)ncnn23)[C@@H]2OC(C)(C)O[C@@H]21)Oc1ccccc1Cl)OCc1ccc(C#N)cc1. The summed E-state index contributed by atoms with van der Waals surface area (Å²) in [7, 11) is -4.61. The quantitative estimate of drug-likeness (QED) is 0.0356. The smallest absolute Gasteiger partial charge is 0.444 e. The first kappa shape index (κ1) is 58.6. The fourth-order valence-electron chi connectivity index (χ4n) is 9.01. The molecule has 2 fully saturated rings. The minimum atomic E-state index is -4.61. The van der Waals surface area contributed by atoms with E-state index < -0.39 is 61.9 Å². The Bertz CT molecular complexity index is 2510. The first-order chi connectivity index (χ1) is 35.6. The molecular weight excluding hydrogens is 987 g/mol. The maximum absolute atomic E-state index is 14.9. The van der Waals surface area contributed by atoms with Crippen molar-refractivity contribution in [2.75, 3.05) is 31.7 Å². The Labute approximate surface area is 442 Å². The largest absolute Gasteiger partial charge is 0.530 e. The van der Waals surface area contributed by atoms with Crippen molar-refractivity contribution in [3.63, 3.8) is 0 Å². The van der Waals surface area contributed by atoms with Gasteiger partial charge in [-0.25, -0.2) is 18.9 Å². The molecule has 4 heterocycles. The highest BCUT2D eigenvalue weighted by atomic mass is 35.5. The van der Waals surface area contributed by atoms with E-state index in [-0.39, 0.29) is 42.1 Å². The van der Waals surface area contributed by atoms with Crippen LogP contribution in [0.5, 0.6) is 5.75 Å². The third kappa shape index (κ3) is 17.5. The van der Waals surface area contributed by atoms with Crippen molar-refractivity contribution < 1.29 is 51.4 Å². The van der Waals surface area contributed by atoms with Crippen LogP contribution in [-0.4, -0.2) is 82.9 Å². The van der Waals surface area contributed by atoms with Crippen molar-refractivity contribution >= 4 is 36.9 Å². The van der Waals surface area contributed by atoms with Crippen molar-refractivity contribution in [3.8, 4) is 17.9 Å². The molecule has 1 unspecified atom stereocenters. The van der Waals surface area contributed by atoms with Crippen molar-refractivity contribution in [3.05, 3.63) is 88.8 Å². The maximum Gasteiger partial charge on any atom is 0.530 e. The zero-order valence-electron chi connectivity index (χ0n) is 44.1. The van der Waals surface area contributed by atoms with Gasteiger partial charge in [0.25, 0.3) is 0 Å². The summed E-state index contributed by atoms with van der Waals surface area (Å²) in [6.07, 6.45) is 17.1. The Morgan fingerprint density at radius 1 is 0.851 bits per heavy atom. The molecule has 2 aromatic carbocycles. The van der Waals surface area contributed by atoms with Crippen LogP contribution in [0.3, 0.4) is 0 Å². The summed E-state index contributed by atoms with van der Waals surface area (Å²) < 4.78 is 71.8. The topological polar surface area (TPSA) is 207 Å². The average molecular weight is 1060 g/mol. The number of nitrogens with zero attached hydrogens (tertiary/aromatic N) is 5. The Hall–Kier alpha value is -4.65. The van der Waals surface area contributed by atoms with Gasteiger partial charge in [0, 0.05) is 6.61 Å². The minimum Gasteiger partial charge on any atom is -0.444 e. The predicted octanol–water partition coefficient (Wildman–Crippen LogP) is 13.3. The molecule has 404 valence electrons. The summed E-state index contributed by atoms with van der Waals surface area (Å²) in [5.41, 5.74) is -0.706. The highest BCUT2D eigenvalue weighted by molar-refractivity contribution is 7.49. The number of benzene rings is 2. The van der Waals surface area contributed by atoms with Crippen molar-refractivity contribution in [2.24, 2.45) is 0 Å². The fraction of sp³-hybridized carbons (Fsp3) is 0.618. The molecule has 2 aliphatic heterocycles. The molecule has 6 atom stereocenters. The summed E-state index contributed by atoms with van der Waals surface area (Å²) in [6, 6.07) is 21.2. The molecule has 1 amide bonds. The van der Waals surface area contributed by atoms with Gasteiger partial charge in [-0.3, -0.25) is 14.4 Å². The third-order valence-corrected chi connectivity index (χ3v) is 14.4. The standard InChI is InChI=1S/C55H76ClN6O11P/c1-7-8-9-10-11-12-13-14-15-16-17-18-19-20-21-24-33-65-36-43(66-35-42-29-27-41(34-57)28-30-42)37-67-74(64,73-46-26-23-22-25-44(46)56)68-38-47-49-50(71-54(5,6)70-49)55(39-58,69-47)48-32-31-45-51(59-40-60-62(45)48)61-52(63)72-53(2,3)4/h22-23,25-32,40,43,47,49-50H,7-21,24,33,35-38H2,1-6H3,(H,59,60,61,63)/t43-,47-,49-,50-,55+,74?/m1/s1. The lowest BCUT2D eigenvalue weighted by atomic mass is 9.92. The Morgan fingerprint density at radius 2 is 1.50 bits per heavy atom. The monoisotopic (exact) mass is 1060 g/mol. The van der Waals surface area contributed by atoms with Gasteiger partial charge in [-0.1, -0.05) is 139 Å². The zero-order chi connectivity index (χ0) is 53.0. The van der Waals surface area contributed by atoms with Crippen LogP contribution in [0.1, 0.15) is 161 Å². The van der Waals surface area contributed by atoms with Gasteiger partial charge >= 0.3 is 13.9 Å². The molecule has 6 rings (SSSR count). The van der Waals surface area contributed by atoms with Gasteiger partial charge in [0.2, 0.25) is 5.60 Å². The van der Waals surface area contributed by atoms with Crippen molar-refractivity contribution in [1.82, 2.24) is 14.6 Å². The molecule has 4 aromatic rings. The Morgan fingerprint density at radius 3 is 2.12 bits per heavy atom. The van der Waals surface area contributed by atoms with Gasteiger partial charge in [0.05, 0.1) is 48.8 Å². The fourth-order valence-corrected chi connectivity index (χ4v) is 10.5. The van der Waals surface area contributed by atoms with Gasteiger partial charge in [-0.2, -0.15) is 15.6 Å². The molecule has 2 aliphatic rings. The van der Waals surface area contributed by atoms with E-state index >= 15 is 0 Å². The van der Waals surface area contributed by atoms with Gasteiger partial charge in [-0.15, -0.1) is 0 Å². The number of rotatable bonds is 32. The first-order valence-electron chi connectivity index (χ1n) is 26.4. The number of nitrogens with one attached hydrogen (secondary N) is 1. The molecule has 2 aromatic heterocycles. The molecule has 0 saturated carbocycles. The van der Waals surface area contributed by atoms with E-state index in [1.807, 2.05) is 0 Å². The number of para-hydroxylation sites is 1. The maximum atomic E-state index is 14.9. The predicted molar refractivity (Wildman–Crippen MR) is 281 cm³/mol. The number of phosphoric acid groups is 1. The first-order valence-corrected chi connectivity index (χ1v) is 28.2. The number of hydrogen-bond acceptors (Lipinski definition) is 15. The van der Waals surface area contributed by atoms with Crippen LogP contribution in [0.25, 0.3) is 5.52 Å². The number of unbranched alkanes of at least 4 members (excludes halogenated alkanes) is 15. The second-order valence-electron chi connectivity index (χ2n) is 20.5. The molecule has 2 saturated heterocycles. The number of ether oxygens (including phenoxy) is 6. The van der Waals surface area contributed by atoms with Gasteiger partial charge in [0.15, 0.2) is 11.6 Å². The van der Waals surface area contributed by atoms with Crippen LogP contribution >= 0.6 is 19.4 Å². The van der Waals surface area contributed by atoms with Gasteiger partial charge in [-0.05, 0) is 83.0 Å². The minimum absolute atomic E-state index is 0.0422. The number of nitriles is 2. The molecule has 0 bridgehead atoms. The summed E-state index contributed by atoms with van der Waals surface area (Å²) in [6.45, 7) is 10.9. The van der Waals surface area contributed by atoms with E-state index in [1.54, 1.807) is 89.2 Å². The van der Waals surface area contributed by atoms with Gasteiger partial charge < -0.3 is 32.9 Å². The van der Waals surface area contributed by atoms with Crippen LogP contribution in [-0.2, 0) is 54.2 Å². The molecule has 74 heavy (non-hydrogen) atoms. The third-order valence-electron chi connectivity index (χ3n) is 12.7. The van der Waals surface area contributed by atoms with Crippen LogP contribution in [0.4, 0.5) is 10.6 Å². The molecule has 19 heteroatoms. The number of phosphoric ester groups is 1. The lowest BCUT2D eigenvalue weighted by Crippen LogP contribution is -2.40. The number of anilines is 1. The number of hydrogen-bond donors (Lipinski definition) is 1. The van der Waals surface area contributed by atoms with Crippen LogP contribution in [0.2, 0.25) is 5.02 Å². The van der Waals surface area contributed by atoms with Crippen molar-refractivity contribution in [2.45, 2.75) is 192 Å². The summed E-state index contributed by atoms with van der Waals surface area (Å²) in [5.74, 6) is -1.00. The van der Waals surface area contributed by atoms with E-state index in [0.29, 0.717) is 17.7 Å². The Kier molecular flexibility index (Phi) is 22.6. The normalized spacial score (nSPS) is 20.4. The number of halogens is 1. The van der Waals surface area contributed by atoms with E-state index in [1.165, 1.54) is 100 Å². The summed E-state index contributed by atoms with van der Waals surface area (Å²) in [5, 5.41) is 27.6. The van der Waals surface area contributed by atoms with E-state index in [2.05, 4.69) is 34.5 Å². The zero-order valence-corrected chi connectivity index (χ0v) is 45.7. The lowest BCUT2D eigenvalue weighted by Gasteiger charge is -2.29. The molecule has 1 N–H and O–H groups in total. The summed E-state index contributed by atoms with van der Waals surface area (Å²) in [4.78, 5) is 17.0. The lowest BCUT2D eigenvalue weighted by molar-refractivity contribution is -0.204. The number of carbonyl (C=O) groups is 1. The number of fused-ring (bicyclic) bond motifs is 2. The number of amides is 1. The molecular formula is C55H76ClN6O11P. The van der Waals surface area contributed by atoms with Gasteiger partial charge in [0.1, 0.15) is 53.7 Å². The second kappa shape index (κ2) is 28.5. The number of aromatic nitrogens is 3. The average Bonchev–Trinajstić information content (AvgIpc) is 4.04.